The Bertz CT molecular complexity index is 264. The summed E-state index contributed by atoms with van der Waals surface area (Å²) < 4.78 is 70.5. The van der Waals surface area contributed by atoms with E-state index in [0.717, 1.165) is 0 Å². The Labute approximate surface area is 84.8 Å². The van der Waals surface area contributed by atoms with Crippen LogP contribution in [0.15, 0.2) is 0 Å². The molecule has 0 aliphatic carbocycles. The van der Waals surface area contributed by atoms with Crippen molar-refractivity contribution in [1.29, 1.82) is 0 Å². The molecule has 0 rings (SSSR count). The Kier molecular flexibility index (Phi) is 6.06. The summed E-state index contributed by atoms with van der Waals surface area (Å²) in [5.74, 6) is -0.702. The third kappa shape index (κ3) is 13.6. The van der Waals surface area contributed by atoms with Crippen molar-refractivity contribution in [3.8, 4) is 0 Å². The molecular weight excluding hydrogens is 242 g/mol. The van der Waals surface area contributed by atoms with Gasteiger partial charge in [0.05, 0.1) is 12.4 Å². The molecule has 1 N–H and O–H groups in total. The van der Waals surface area contributed by atoms with Crippen LogP contribution in [-0.4, -0.2) is 46.7 Å². The first-order valence-electron chi connectivity index (χ1n) is 3.98. The maximum atomic E-state index is 11.9. The standard InChI is InChI=1S/C6H11F4NO3S/c7-6(8,9)5-14-3-1-11-2-4-15(10,12)13/h11H,1-5H2. The summed E-state index contributed by atoms with van der Waals surface area (Å²) >= 11 is 0. The SMILES string of the molecule is O=S(=O)(F)CCNCCOCC(F)(F)F. The highest BCUT2D eigenvalue weighted by Gasteiger charge is 2.27. The van der Waals surface area contributed by atoms with Gasteiger partial charge in [-0.2, -0.15) is 21.6 Å². The average Bonchev–Trinajstić information content (AvgIpc) is 1.98. The highest BCUT2D eigenvalue weighted by atomic mass is 32.3. The van der Waals surface area contributed by atoms with E-state index in [0.29, 0.717) is 0 Å². The van der Waals surface area contributed by atoms with Crippen molar-refractivity contribution in [2.45, 2.75) is 6.18 Å². The van der Waals surface area contributed by atoms with E-state index in [1.165, 1.54) is 0 Å². The molecule has 0 radical (unpaired) electrons. The molecule has 0 aliphatic rings. The second kappa shape index (κ2) is 6.23. The van der Waals surface area contributed by atoms with Gasteiger partial charge >= 0.3 is 16.4 Å². The molecule has 0 fully saturated rings. The first kappa shape index (κ1) is 14.6. The van der Waals surface area contributed by atoms with Crippen LogP contribution in [-0.2, 0) is 15.0 Å². The lowest BCUT2D eigenvalue weighted by Crippen LogP contribution is -2.27. The van der Waals surface area contributed by atoms with Crippen LogP contribution in [0.5, 0.6) is 0 Å². The molecule has 0 saturated heterocycles. The highest BCUT2D eigenvalue weighted by molar-refractivity contribution is 7.86. The summed E-state index contributed by atoms with van der Waals surface area (Å²) in [7, 11) is -4.52. The predicted octanol–water partition coefficient (Wildman–Crippen LogP) is 0.454. The Morgan fingerprint density at radius 3 is 2.27 bits per heavy atom. The molecule has 4 nitrogen and oxygen atoms in total. The van der Waals surface area contributed by atoms with Crippen molar-refractivity contribution in [2.24, 2.45) is 0 Å². The zero-order chi connectivity index (χ0) is 11.9. The van der Waals surface area contributed by atoms with E-state index < -0.39 is 28.8 Å². The minimum absolute atomic E-state index is 0.0333. The zero-order valence-electron chi connectivity index (χ0n) is 7.68. The van der Waals surface area contributed by atoms with Gasteiger partial charge in [-0.3, -0.25) is 0 Å². The third-order valence-electron chi connectivity index (χ3n) is 1.21. The average molecular weight is 253 g/mol. The van der Waals surface area contributed by atoms with Crippen LogP contribution in [0.25, 0.3) is 0 Å². The monoisotopic (exact) mass is 253 g/mol. The van der Waals surface area contributed by atoms with E-state index in [4.69, 9.17) is 0 Å². The summed E-state index contributed by atoms with van der Waals surface area (Å²) in [4.78, 5) is 0. The van der Waals surface area contributed by atoms with Crippen LogP contribution in [0, 0.1) is 0 Å². The van der Waals surface area contributed by atoms with Gasteiger partial charge in [-0.05, 0) is 0 Å². The second-order valence-corrected chi connectivity index (χ2v) is 4.15. The van der Waals surface area contributed by atoms with E-state index in [2.05, 4.69) is 10.1 Å². The van der Waals surface area contributed by atoms with E-state index >= 15 is 0 Å². The van der Waals surface area contributed by atoms with Crippen molar-refractivity contribution in [3.63, 3.8) is 0 Å². The Morgan fingerprint density at radius 2 is 1.80 bits per heavy atom. The number of ether oxygens (including phenoxy) is 1. The quantitative estimate of drug-likeness (QED) is 0.407. The molecule has 15 heavy (non-hydrogen) atoms. The first-order chi connectivity index (χ1) is 6.71. The summed E-state index contributed by atoms with van der Waals surface area (Å²) in [5.41, 5.74) is 0. The fourth-order valence-electron chi connectivity index (χ4n) is 0.651. The lowest BCUT2D eigenvalue weighted by Gasteiger charge is -2.07. The van der Waals surface area contributed by atoms with E-state index in [9.17, 15) is 25.5 Å². The highest BCUT2D eigenvalue weighted by Crippen LogP contribution is 2.13. The van der Waals surface area contributed by atoms with Crippen molar-refractivity contribution in [3.05, 3.63) is 0 Å². The van der Waals surface area contributed by atoms with Gasteiger partial charge in [-0.25, -0.2) is 0 Å². The van der Waals surface area contributed by atoms with E-state index in [1.807, 2.05) is 0 Å². The van der Waals surface area contributed by atoms with Gasteiger partial charge in [0.2, 0.25) is 0 Å². The normalized spacial score (nSPS) is 13.1. The van der Waals surface area contributed by atoms with E-state index in [-0.39, 0.29) is 19.7 Å². The lowest BCUT2D eigenvalue weighted by molar-refractivity contribution is -0.173. The molecular formula is C6H11F4NO3S. The van der Waals surface area contributed by atoms with Crippen LogP contribution in [0.3, 0.4) is 0 Å². The molecule has 0 amide bonds. The Balaban J connectivity index is 3.27. The number of rotatable bonds is 7. The Morgan fingerprint density at radius 1 is 1.20 bits per heavy atom. The smallest absolute Gasteiger partial charge is 0.371 e. The number of nitrogens with one attached hydrogen (secondary N) is 1. The summed E-state index contributed by atoms with van der Waals surface area (Å²) in [6.07, 6.45) is -4.37. The molecule has 0 spiro atoms. The first-order valence-corrected chi connectivity index (χ1v) is 5.53. The van der Waals surface area contributed by atoms with Crippen LogP contribution in [0.4, 0.5) is 17.1 Å². The van der Waals surface area contributed by atoms with Crippen molar-refractivity contribution in [2.75, 3.05) is 32.1 Å². The third-order valence-corrected chi connectivity index (χ3v) is 1.90. The Hall–Kier alpha value is -0.410. The maximum Gasteiger partial charge on any atom is 0.411 e. The van der Waals surface area contributed by atoms with Crippen molar-refractivity contribution >= 4 is 10.2 Å². The molecule has 0 bridgehead atoms. The molecule has 92 valence electrons. The summed E-state index contributed by atoms with van der Waals surface area (Å²) in [6.45, 7) is -1.69. The van der Waals surface area contributed by atoms with Gasteiger partial charge in [0, 0.05) is 13.1 Å². The van der Waals surface area contributed by atoms with E-state index in [1.54, 1.807) is 0 Å². The second-order valence-electron chi connectivity index (χ2n) is 2.66. The van der Waals surface area contributed by atoms with Gasteiger partial charge in [-0.15, -0.1) is 3.89 Å². The van der Waals surface area contributed by atoms with Gasteiger partial charge in [0.15, 0.2) is 0 Å². The van der Waals surface area contributed by atoms with Crippen LogP contribution in [0.1, 0.15) is 0 Å². The van der Waals surface area contributed by atoms with Crippen molar-refractivity contribution < 1.29 is 30.2 Å². The number of alkyl halides is 3. The van der Waals surface area contributed by atoms with Crippen LogP contribution < -0.4 is 5.32 Å². The summed E-state index contributed by atoms with van der Waals surface area (Å²) in [6, 6.07) is 0. The fraction of sp³-hybridized carbons (Fsp3) is 1.00. The van der Waals surface area contributed by atoms with Crippen LogP contribution >= 0.6 is 0 Å². The molecule has 0 saturated carbocycles. The lowest BCUT2D eigenvalue weighted by atomic mass is 10.6. The zero-order valence-corrected chi connectivity index (χ0v) is 8.50. The molecule has 0 atom stereocenters. The molecule has 0 heterocycles. The van der Waals surface area contributed by atoms with Gasteiger partial charge in [0.1, 0.15) is 6.61 Å². The number of halogens is 4. The van der Waals surface area contributed by atoms with Gasteiger partial charge in [0.25, 0.3) is 0 Å². The largest absolute Gasteiger partial charge is 0.411 e. The minimum atomic E-state index is -4.52. The van der Waals surface area contributed by atoms with Crippen LogP contribution in [0.2, 0.25) is 0 Å². The van der Waals surface area contributed by atoms with Crippen molar-refractivity contribution in [1.82, 2.24) is 5.32 Å². The fourth-order valence-corrected chi connectivity index (χ4v) is 1.04. The topological polar surface area (TPSA) is 55.4 Å². The van der Waals surface area contributed by atoms with Gasteiger partial charge in [-0.1, -0.05) is 0 Å². The summed E-state index contributed by atoms with van der Waals surface area (Å²) in [5, 5.41) is 2.42. The minimum Gasteiger partial charge on any atom is -0.371 e. The molecule has 0 aliphatic heterocycles. The molecule has 0 aromatic carbocycles. The molecule has 9 heteroatoms. The maximum absolute atomic E-state index is 11.9. The number of hydrogen-bond acceptors (Lipinski definition) is 4. The molecule has 0 aromatic rings. The molecule has 0 aromatic heterocycles. The van der Waals surface area contributed by atoms with Gasteiger partial charge < -0.3 is 10.1 Å². The number of hydrogen-bond donors (Lipinski definition) is 1. The molecule has 0 unspecified atom stereocenters. The predicted molar refractivity (Wildman–Crippen MR) is 44.6 cm³/mol.